The van der Waals surface area contributed by atoms with E-state index in [2.05, 4.69) is 48.5 Å². The Hall–Kier alpha value is -1.97. The number of rotatable bonds is 8. The lowest BCUT2D eigenvalue weighted by molar-refractivity contribution is 0.0173. The van der Waals surface area contributed by atoms with E-state index in [0.29, 0.717) is 0 Å². The minimum Gasteiger partial charge on any atom is -0.441 e. The summed E-state index contributed by atoms with van der Waals surface area (Å²) in [6, 6.07) is 8.37. The predicted octanol–water partition coefficient (Wildman–Crippen LogP) is 4.94. The molecule has 4 heteroatoms. The highest BCUT2D eigenvalue weighted by atomic mass is 16.6. The maximum Gasteiger partial charge on any atom is 0.408 e. The van der Waals surface area contributed by atoms with Crippen LogP contribution >= 0.6 is 0 Å². The van der Waals surface area contributed by atoms with E-state index >= 15 is 0 Å². The molecule has 1 saturated heterocycles. The number of fused-ring (bicyclic) bond motifs is 1. The zero-order valence-electron chi connectivity index (χ0n) is 14.7. The zero-order valence-corrected chi connectivity index (χ0v) is 14.7. The van der Waals surface area contributed by atoms with E-state index in [1.165, 1.54) is 10.9 Å². The molecule has 24 heavy (non-hydrogen) atoms. The van der Waals surface area contributed by atoms with Crippen molar-refractivity contribution < 1.29 is 9.53 Å². The quantitative estimate of drug-likeness (QED) is 0.721. The first-order valence-electron chi connectivity index (χ1n) is 9.23. The fourth-order valence-corrected chi connectivity index (χ4v) is 3.84. The minimum atomic E-state index is -0.360. The summed E-state index contributed by atoms with van der Waals surface area (Å²) in [5.41, 5.74) is 2.03. The number of cyclic esters (lactones) is 1. The summed E-state index contributed by atoms with van der Waals surface area (Å²) in [5.74, 6) is 0. The lowest BCUT2D eigenvalue weighted by Gasteiger charge is -2.32. The lowest BCUT2D eigenvalue weighted by atomic mass is 9.81. The molecule has 0 bridgehead atoms. The van der Waals surface area contributed by atoms with Crippen LogP contribution in [0.3, 0.4) is 0 Å². The molecule has 0 radical (unpaired) electrons. The Balaban J connectivity index is 1.86. The Bertz CT molecular complexity index is 684. The third-order valence-electron chi connectivity index (χ3n) is 5.23. The van der Waals surface area contributed by atoms with Gasteiger partial charge in [0.05, 0.1) is 6.04 Å². The topological polar surface area (TPSA) is 54.1 Å². The van der Waals surface area contributed by atoms with Gasteiger partial charge in [-0.2, -0.15) is 0 Å². The number of para-hydroxylation sites is 1. The highest BCUT2D eigenvalue weighted by Crippen LogP contribution is 2.36. The third kappa shape index (κ3) is 3.28. The monoisotopic (exact) mass is 328 g/mol. The first-order chi connectivity index (χ1) is 11.7. The van der Waals surface area contributed by atoms with E-state index < -0.39 is 0 Å². The Labute approximate surface area is 144 Å². The van der Waals surface area contributed by atoms with E-state index in [1.54, 1.807) is 0 Å². The van der Waals surface area contributed by atoms with Crippen molar-refractivity contribution in [2.45, 2.75) is 70.4 Å². The van der Waals surface area contributed by atoms with Gasteiger partial charge in [0.2, 0.25) is 0 Å². The number of nitrogens with one attached hydrogen (secondary N) is 2. The van der Waals surface area contributed by atoms with Gasteiger partial charge in [-0.05, 0) is 43.7 Å². The van der Waals surface area contributed by atoms with Gasteiger partial charge >= 0.3 is 6.09 Å². The largest absolute Gasteiger partial charge is 0.441 e. The summed E-state index contributed by atoms with van der Waals surface area (Å²) >= 11 is 0. The van der Waals surface area contributed by atoms with Crippen molar-refractivity contribution in [2.75, 3.05) is 0 Å². The second kappa shape index (κ2) is 7.29. The second-order valence-corrected chi connectivity index (χ2v) is 6.92. The summed E-state index contributed by atoms with van der Waals surface area (Å²) in [6.07, 6.45) is 8.91. The molecule has 2 heterocycles. The molecular weight excluding hydrogens is 300 g/mol. The van der Waals surface area contributed by atoms with Gasteiger partial charge in [0.25, 0.3) is 0 Å². The molecule has 1 aromatic carbocycles. The van der Waals surface area contributed by atoms with E-state index in [0.717, 1.165) is 50.5 Å². The highest BCUT2D eigenvalue weighted by Gasteiger charge is 2.47. The zero-order chi connectivity index (χ0) is 17.0. The molecule has 0 unspecified atom stereocenters. The molecule has 2 N–H and O–H groups in total. The van der Waals surface area contributed by atoms with Crippen LogP contribution in [0.2, 0.25) is 0 Å². The molecule has 0 saturated carbocycles. The van der Waals surface area contributed by atoms with Crippen LogP contribution in [0.5, 0.6) is 0 Å². The Morgan fingerprint density at radius 1 is 1.12 bits per heavy atom. The number of hydrogen-bond donors (Lipinski definition) is 2. The smallest absolute Gasteiger partial charge is 0.408 e. The van der Waals surface area contributed by atoms with Gasteiger partial charge in [0, 0.05) is 17.1 Å². The fourth-order valence-electron chi connectivity index (χ4n) is 3.84. The molecule has 1 aliphatic rings. The predicted molar refractivity (Wildman–Crippen MR) is 97.2 cm³/mol. The molecule has 1 atom stereocenters. The summed E-state index contributed by atoms with van der Waals surface area (Å²) in [7, 11) is 0. The summed E-state index contributed by atoms with van der Waals surface area (Å²) in [4.78, 5) is 15.4. The van der Waals surface area contributed by atoms with Crippen LogP contribution in [0.1, 0.15) is 57.9 Å². The highest BCUT2D eigenvalue weighted by molar-refractivity contribution is 5.83. The van der Waals surface area contributed by atoms with Crippen LogP contribution < -0.4 is 5.32 Å². The summed E-state index contributed by atoms with van der Waals surface area (Å²) in [5, 5.41) is 4.33. The molecule has 1 aromatic heterocycles. The number of aromatic amines is 1. The van der Waals surface area contributed by atoms with Crippen molar-refractivity contribution in [1.29, 1.82) is 0 Å². The number of carbonyl (C=O) groups excluding carboxylic acids is 1. The van der Waals surface area contributed by atoms with Crippen molar-refractivity contribution >= 4 is 17.0 Å². The van der Waals surface area contributed by atoms with Crippen LogP contribution in [0.4, 0.5) is 4.79 Å². The van der Waals surface area contributed by atoms with Gasteiger partial charge in [-0.15, -0.1) is 0 Å². The molecule has 1 amide bonds. The summed E-state index contributed by atoms with van der Waals surface area (Å²) in [6.45, 7) is 4.37. The van der Waals surface area contributed by atoms with Gasteiger partial charge in [-0.1, -0.05) is 44.9 Å². The van der Waals surface area contributed by atoms with E-state index in [4.69, 9.17) is 4.74 Å². The van der Waals surface area contributed by atoms with Crippen molar-refractivity contribution in [1.82, 2.24) is 10.3 Å². The number of aromatic nitrogens is 1. The Morgan fingerprint density at radius 3 is 2.54 bits per heavy atom. The van der Waals surface area contributed by atoms with Crippen LogP contribution in [-0.2, 0) is 11.2 Å². The normalized spacial score (nSPS) is 19.4. The third-order valence-corrected chi connectivity index (χ3v) is 5.23. The maximum atomic E-state index is 12.0. The van der Waals surface area contributed by atoms with Crippen molar-refractivity contribution in [3.05, 3.63) is 36.0 Å². The lowest BCUT2D eigenvalue weighted by Crippen LogP contribution is -2.45. The average molecular weight is 328 g/mol. The second-order valence-electron chi connectivity index (χ2n) is 6.92. The van der Waals surface area contributed by atoms with Gasteiger partial charge in [-0.25, -0.2) is 4.79 Å². The van der Waals surface area contributed by atoms with Gasteiger partial charge in [0.1, 0.15) is 5.60 Å². The molecule has 2 aromatic rings. The van der Waals surface area contributed by atoms with Gasteiger partial charge < -0.3 is 15.0 Å². The molecule has 0 spiro atoms. The fraction of sp³-hybridized carbons (Fsp3) is 0.550. The number of benzene rings is 1. The van der Waals surface area contributed by atoms with Gasteiger partial charge in [-0.3, -0.25) is 0 Å². The van der Waals surface area contributed by atoms with Crippen molar-refractivity contribution in [3.8, 4) is 0 Å². The molecule has 3 rings (SSSR count). The number of ether oxygens (including phenoxy) is 1. The number of unbranched alkanes of at least 4 members (excludes halogenated alkanes) is 2. The van der Waals surface area contributed by atoms with Crippen LogP contribution in [-0.4, -0.2) is 22.7 Å². The van der Waals surface area contributed by atoms with Crippen LogP contribution in [0, 0.1) is 0 Å². The number of hydrogen-bond acceptors (Lipinski definition) is 2. The number of carbonyl (C=O) groups is 1. The summed E-state index contributed by atoms with van der Waals surface area (Å²) < 4.78 is 5.87. The van der Waals surface area contributed by atoms with E-state index in [-0.39, 0.29) is 17.7 Å². The maximum absolute atomic E-state index is 12.0. The molecule has 0 aliphatic carbocycles. The standard InChI is InChI=1S/C20H28N2O2/c1-3-5-11-20(12-6-4-2)18(22-19(23)24-20)13-15-14-21-17-10-8-7-9-16(15)17/h7-10,14,18,21H,3-6,11-13H2,1-2H3,(H,22,23)/t18-/m0/s1. The number of amides is 1. The Kier molecular flexibility index (Phi) is 5.12. The minimum absolute atomic E-state index is 0.0438. The van der Waals surface area contributed by atoms with Crippen molar-refractivity contribution in [2.24, 2.45) is 0 Å². The molecule has 1 fully saturated rings. The van der Waals surface area contributed by atoms with Crippen LogP contribution in [0.25, 0.3) is 10.9 Å². The first kappa shape index (κ1) is 16.9. The molecule has 1 aliphatic heterocycles. The molecular formula is C20H28N2O2. The number of H-pyrrole nitrogens is 1. The van der Waals surface area contributed by atoms with Crippen LogP contribution in [0.15, 0.2) is 30.5 Å². The molecule has 4 nitrogen and oxygen atoms in total. The van der Waals surface area contributed by atoms with Gasteiger partial charge in [0.15, 0.2) is 0 Å². The van der Waals surface area contributed by atoms with E-state index in [1.807, 2.05) is 6.07 Å². The van der Waals surface area contributed by atoms with Crippen molar-refractivity contribution in [3.63, 3.8) is 0 Å². The molecule has 130 valence electrons. The van der Waals surface area contributed by atoms with E-state index in [9.17, 15) is 4.79 Å². The SMILES string of the molecule is CCCCC1(CCCC)OC(=O)N[C@H]1Cc1c[nH]c2ccccc12. The Morgan fingerprint density at radius 2 is 1.83 bits per heavy atom. The average Bonchev–Trinajstić information content (AvgIpc) is 3.13. The first-order valence-corrected chi connectivity index (χ1v) is 9.23. The number of alkyl carbamates (subject to hydrolysis) is 1.